The third kappa shape index (κ3) is 3.38. The lowest BCUT2D eigenvalue weighted by atomic mass is 10.1. The molecule has 9 heteroatoms. The van der Waals surface area contributed by atoms with E-state index >= 15 is 0 Å². The van der Waals surface area contributed by atoms with E-state index in [2.05, 4.69) is 21.7 Å². The van der Waals surface area contributed by atoms with Crippen LogP contribution in [-0.4, -0.2) is 28.9 Å². The van der Waals surface area contributed by atoms with Crippen molar-refractivity contribution >= 4 is 27.4 Å². The summed E-state index contributed by atoms with van der Waals surface area (Å²) >= 11 is 0.870. The maximum absolute atomic E-state index is 11.5. The molecule has 0 spiro atoms. The Kier molecular flexibility index (Phi) is 3.62. The molecule has 0 bridgehead atoms. The number of hydrogen-bond donors (Lipinski definition) is 2. The predicted octanol–water partition coefficient (Wildman–Crippen LogP) is 0.883. The predicted molar refractivity (Wildman–Crippen MR) is 67.5 cm³/mol. The molecule has 0 aromatic carbocycles. The maximum Gasteiger partial charge on any atom is 0.345 e. The smallest absolute Gasteiger partial charge is 0.345 e. The van der Waals surface area contributed by atoms with E-state index in [0.29, 0.717) is 11.7 Å². The first-order valence-corrected chi connectivity index (χ1v) is 6.38. The Labute approximate surface area is 112 Å². The van der Waals surface area contributed by atoms with Crippen molar-refractivity contribution in [3.05, 3.63) is 16.3 Å². The summed E-state index contributed by atoms with van der Waals surface area (Å²) < 4.78 is 0. The molecule has 0 aliphatic heterocycles. The second-order valence-electron chi connectivity index (χ2n) is 4.28. The highest BCUT2D eigenvalue weighted by atomic mass is 32.1. The summed E-state index contributed by atoms with van der Waals surface area (Å²) in [5, 5.41) is 24.9. The number of nitrogens with zero attached hydrogens (tertiary/aromatic N) is 3. The van der Waals surface area contributed by atoms with E-state index in [1.54, 1.807) is 0 Å². The van der Waals surface area contributed by atoms with Crippen LogP contribution in [0.2, 0.25) is 0 Å². The van der Waals surface area contributed by atoms with Crippen LogP contribution in [0.1, 0.15) is 12.8 Å². The molecule has 1 amide bonds. The van der Waals surface area contributed by atoms with Crippen LogP contribution in [0.3, 0.4) is 0 Å². The summed E-state index contributed by atoms with van der Waals surface area (Å²) in [5.41, 5.74) is -0.379. The van der Waals surface area contributed by atoms with Crippen molar-refractivity contribution in [3.63, 3.8) is 0 Å². The minimum absolute atomic E-state index is 0.0217. The molecule has 1 aliphatic rings. The minimum Gasteiger partial charge on any atom is -0.353 e. The third-order valence-electron chi connectivity index (χ3n) is 2.79. The van der Waals surface area contributed by atoms with Gasteiger partial charge in [0.1, 0.15) is 6.20 Å². The summed E-state index contributed by atoms with van der Waals surface area (Å²) in [6.45, 7) is 0.328. The molecule has 1 fully saturated rings. The molecule has 1 aliphatic carbocycles. The van der Waals surface area contributed by atoms with E-state index in [0.717, 1.165) is 30.4 Å². The molecule has 1 aromatic heterocycles. The summed E-state index contributed by atoms with van der Waals surface area (Å²) in [5.74, 6) is -0.264. The summed E-state index contributed by atoms with van der Waals surface area (Å²) in [6, 6.07) is 2.18. The number of nitrogens with one attached hydrogen (secondary N) is 2. The van der Waals surface area contributed by atoms with Gasteiger partial charge in [-0.1, -0.05) is 0 Å². The summed E-state index contributed by atoms with van der Waals surface area (Å²) in [4.78, 5) is 25.2. The van der Waals surface area contributed by atoms with Crippen LogP contribution < -0.4 is 10.6 Å². The Balaban J connectivity index is 1.74. The summed E-state index contributed by atoms with van der Waals surface area (Å²) in [6.07, 6.45) is 2.77. The molecule has 2 N–H and O–H groups in total. The van der Waals surface area contributed by atoms with Crippen molar-refractivity contribution in [2.24, 2.45) is 5.41 Å². The van der Waals surface area contributed by atoms with Gasteiger partial charge in [0, 0.05) is 6.54 Å². The Morgan fingerprint density at radius 2 is 2.42 bits per heavy atom. The van der Waals surface area contributed by atoms with Gasteiger partial charge in [-0.05, 0) is 24.2 Å². The SMILES string of the molecule is N#CC1(CNC(=O)CNc2ncc([N+](=O)[O-])s2)CC1. The van der Waals surface area contributed by atoms with Crippen LogP contribution in [0.25, 0.3) is 0 Å². The molecule has 0 atom stereocenters. The molecule has 8 nitrogen and oxygen atoms in total. The van der Waals surface area contributed by atoms with Crippen molar-refractivity contribution in [3.8, 4) is 6.07 Å². The number of rotatable bonds is 6. The van der Waals surface area contributed by atoms with Crippen LogP contribution in [0, 0.1) is 26.9 Å². The second-order valence-corrected chi connectivity index (χ2v) is 5.29. The standard InChI is InChI=1S/C10H11N5O3S/c11-5-10(1-2-10)6-14-7(16)3-12-9-13-4-8(19-9)15(17)18/h4H,1-3,6H2,(H,12,13)(H,14,16). The van der Waals surface area contributed by atoms with E-state index in [4.69, 9.17) is 5.26 Å². The first-order chi connectivity index (χ1) is 9.04. The fourth-order valence-corrected chi connectivity index (χ4v) is 2.02. The highest BCUT2D eigenvalue weighted by Crippen LogP contribution is 2.43. The zero-order valence-corrected chi connectivity index (χ0v) is 10.7. The summed E-state index contributed by atoms with van der Waals surface area (Å²) in [7, 11) is 0. The fourth-order valence-electron chi connectivity index (χ4n) is 1.40. The Bertz CT molecular complexity index is 546. The van der Waals surface area contributed by atoms with Gasteiger partial charge in [0.05, 0.1) is 23.0 Å². The van der Waals surface area contributed by atoms with Crippen LogP contribution >= 0.6 is 11.3 Å². The number of nitro groups is 1. The lowest BCUT2D eigenvalue weighted by Crippen LogP contribution is -2.34. The highest BCUT2D eigenvalue weighted by Gasteiger charge is 2.43. The Morgan fingerprint density at radius 1 is 1.68 bits per heavy atom. The number of amides is 1. The molecule has 1 heterocycles. The van der Waals surface area contributed by atoms with Gasteiger partial charge in [-0.2, -0.15) is 5.26 Å². The number of hydrogen-bond acceptors (Lipinski definition) is 7. The van der Waals surface area contributed by atoms with Gasteiger partial charge < -0.3 is 10.6 Å². The first-order valence-electron chi connectivity index (χ1n) is 5.57. The first kappa shape index (κ1) is 13.2. The number of carbonyl (C=O) groups is 1. The number of aromatic nitrogens is 1. The quantitative estimate of drug-likeness (QED) is 0.589. The van der Waals surface area contributed by atoms with Gasteiger partial charge in [-0.3, -0.25) is 14.9 Å². The largest absolute Gasteiger partial charge is 0.353 e. The van der Waals surface area contributed by atoms with Crippen LogP contribution in [0.15, 0.2) is 6.20 Å². The van der Waals surface area contributed by atoms with E-state index < -0.39 is 4.92 Å². The van der Waals surface area contributed by atoms with Crippen molar-refractivity contribution in [1.82, 2.24) is 10.3 Å². The Morgan fingerprint density at radius 3 is 2.95 bits per heavy atom. The maximum atomic E-state index is 11.5. The molecule has 1 saturated carbocycles. The van der Waals surface area contributed by atoms with Crippen molar-refractivity contribution in [1.29, 1.82) is 5.26 Å². The molecule has 0 saturated heterocycles. The average molecular weight is 281 g/mol. The monoisotopic (exact) mass is 281 g/mol. The van der Waals surface area contributed by atoms with Gasteiger partial charge in [-0.25, -0.2) is 4.98 Å². The number of thiazole rings is 1. The fraction of sp³-hybridized carbons (Fsp3) is 0.500. The molecule has 0 radical (unpaired) electrons. The van der Waals surface area contributed by atoms with E-state index in [1.165, 1.54) is 0 Å². The molecular formula is C10H11N5O3S. The lowest BCUT2D eigenvalue weighted by Gasteiger charge is -2.08. The zero-order valence-electron chi connectivity index (χ0n) is 9.88. The van der Waals surface area contributed by atoms with Crippen molar-refractivity contribution < 1.29 is 9.72 Å². The van der Waals surface area contributed by atoms with E-state index in [9.17, 15) is 14.9 Å². The van der Waals surface area contributed by atoms with Gasteiger partial charge in [-0.15, -0.1) is 0 Å². The van der Waals surface area contributed by atoms with Crippen molar-refractivity contribution in [2.45, 2.75) is 12.8 Å². The highest BCUT2D eigenvalue weighted by molar-refractivity contribution is 7.18. The third-order valence-corrected chi connectivity index (χ3v) is 3.69. The Hall–Kier alpha value is -2.21. The number of carbonyl (C=O) groups excluding carboxylic acids is 1. The molecule has 1 aromatic rings. The molecule has 19 heavy (non-hydrogen) atoms. The van der Waals surface area contributed by atoms with Gasteiger partial charge in [0.2, 0.25) is 5.91 Å². The zero-order chi connectivity index (χ0) is 13.9. The van der Waals surface area contributed by atoms with Crippen LogP contribution in [-0.2, 0) is 4.79 Å². The normalized spacial score (nSPS) is 15.3. The van der Waals surface area contributed by atoms with Crippen LogP contribution in [0.5, 0.6) is 0 Å². The second kappa shape index (κ2) is 5.19. The van der Waals surface area contributed by atoms with E-state index in [-0.39, 0.29) is 22.9 Å². The number of anilines is 1. The molecular weight excluding hydrogens is 270 g/mol. The van der Waals surface area contributed by atoms with Gasteiger partial charge in [0.15, 0.2) is 5.13 Å². The van der Waals surface area contributed by atoms with Gasteiger partial charge >= 0.3 is 5.00 Å². The lowest BCUT2D eigenvalue weighted by molar-refractivity contribution is -0.380. The molecule has 2 rings (SSSR count). The molecule has 0 unspecified atom stereocenters. The van der Waals surface area contributed by atoms with Crippen molar-refractivity contribution in [2.75, 3.05) is 18.4 Å². The van der Waals surface area contributed by atoms with Crippen LogP contribution in [0.4, 0.5) is 10.1 Å². The average Bonchev–Trinajstić information content (AvgIpc) is 3.02. The van der Waals surface area contributed by atoms with E-state index in [1.807, 2.05) is 0 Å². The van der Waals surface area contributed by atoms with Gasteiger partial charge in [0.25, 0.3) is 0 Å². The minimum atomic E-state index is -0.535. The number of nitriles is 1. The topological polar surface area (TPSA) is 121 Å². The molecule has 100 valence electrons.